The third-order valence-corrected chi connectivity index (χ3v) is 3.99. The van der Waals surface area contributed by atoms with Crippen LogP contribution in [0.4, 0.5) is 16.2 Å². The van der Waals surface area contributed by atoms with Crippen molar-refractivity contribution in [2.24, 2.45) is 0 Å². The van der Waals surface area contributed by atoms with Crippen molar-refractivity contribution in [2.45, 2.75) is 13.0 Å². The molecule has 0 spiro atoms. The number of aromatic nitrogens is 1. The Morgan fingerprint density at radius 2 is 1.41 bits per heavy atom. The normalized spacial score (nSPS) is 11.3. The Bertz CT molecular complexity index is 896. The molecule has 3 amide bonds. The van der Waals surface area contributed by atoms with E-state index in [-0.39, 0.29) is 18.0 Å². The smallest absolute Gasteiger partial charge is 0.323 e. The summed E-state index contributed by atoms with van der Waals surface area (Å²) in [5.74, 6) is -0.181. The second kappa shape index (κ2) is 8.62. The van der Waals surface area contributed by atoms with Crippen LogP contribution >= 0.6 is 0 Å². The Kier molecular flexibility index (Phi) is 5.79. The van der Waals surface area contributed by atoms with Crippen LogP contribution in [0.5, 0.6) is 0 Å². The number of nitrogens with zero attached hydrogens (tertiary/aromatic N) is 1. The highest BCUT2D eigenvalue weighted by atomic mass is 16.2. The summed E-state index contributed by atoms with van der Waals surface area (Å²) in [7, 11) is 0. The molecular formula is C21H20N4O2. The molecule has 136 valence electrons. The van der Waals surface area contributed by atoms with Crippen LogP contribution in [0.2, 0.25) is 0 Å². The van der Waals surface area contributed by atoms with Gasteiger partial charge in [-0.2, -0.15) is 0 Å². The first kappa shape index (κ1) is 18.1. The predicted molar refractivity (Wildman–Crippen MR) is 106 cm³/mol. The van der Waals surface area contributed by atoms with Gasteiger partial charge in [-0.1, -0.05) is 18.2 Å². The number of pyridine rings is 1. The van der Waals surface area contributed by atoms with E-state index in [0.717, 1.165) is 5.56 Å². The fourth-order valence-electron chi connectivity index (χ4n) is 2.54. The third kappa shape index (κ3) is 5.15. The summed E-state index contributed by atoms with van der Waals surface area (Å²) in [4.78, 5) is 28.3. The standard InChI is InChI=1S/C21H20N4O2/c1-15(16-11-13-22-14-12-16)23-20(26)17-7-9-19(10-8-17)25-21(27)24-18-5-3-2-4-6-18/h2-15H,1H3,(H,23,26)(H2,24,25,27). The Morgan fingerprint density at radius 3 is 2.04 bits per heavy atom. The van der Waals surface area contributed by atoms with Crippen LogP contribution in [0.1, 0.15) is 28.9 Å². The van der Waals surface area contributed by atoms with Gasteiger partial charge in [-0.3, -0.25) is 9.78 Å². The lowest BCUT2D eigenvalue weighted by atomic mass is 10.1. The second-order valence-corrected chi connectivity index (χ2v) is 6.00. The van der Waals surface area contributed by atoms with Gasteiger partial charge in [-0.05, 0) is 61.0 Å². The number of para-hydroxylation sites is 1. The molecule has 3 N–H and O–H groups in total. The van der Waals surface area contributed by atoms with Crippen LogP contribution in [0, 0.1) is 0 Å². The zero-order valence-corrected chi connectivity index (χ0v) is 14.8. The maximum absolute atomic E-state index is 12.4. The zero-order valence-electron chi connectivity index (χ0n) is 14.8. The van der Waals surface area contributed by atoms with Gasteiger partial charge in [-0.25, -0.2) is 4.79 Å². The maximum Gasteiger partial charge on any atom is 0.323 e. The van der Waals surface area contributed by atoms with Gasteiger partial charge in [0.1, 0.15) is 0 Å². The summed E-state index contributed by atoms with van der Waals surface area (Å²) in [6.45, 7) is 1.91. The summed E-state index contributed by atoms with van der Waals surface area (Å²) in [6.07, 6.45) is 3.39. The van der Waals surface area contributed by atoms with E-state index < -0.39 is 0 Å². The number of rotatable bonds is 5. The number of urea groups is 1. The van der Waals surface area contributed by atoms with Crippen molar-refractivity contribution in [1.29, 1.82) is 0 Å². The highest BCUT2D eigenvalue weighted by Gasteiger charge is 2.11. The van der Waals surface area contributed by atoms with E-state index in [2.05, 4.69) is 20.9 Å². The van der Waals surface area contributed by atoms with Crippen LogP contribution in [0.3, 0.4) is 0 Å². The van der Waals surface area contributed by atoms with Gasteiger partial charge in [0.2, 0.25) is 0 Å². The van der Waals surface area contributed by atoms with Crippen LogP contribution in [0.15, 0.2) is 79.1 Å². The first-order chi connectivity index (χ1) is 13.1. The van der Waals surface area contributed by atoms with Crippen molar-refractivity contribution in [1.82, 2.24) is 10.3 Å². The Labute approximate surface area is 157 Å². The minimum absolute atomic E-state index is 0.130. The molecule has 0 saturated heterocycles. The molecule has 3 aromatic rings. The average molecular weight is 360 g/mol. The van der Waals surface area contributed by atoms with E-state index in [4.69, 9.17) is 0 Å². The summed E-state index contributed by atoms with van der Waals surface area (Å²) in [5, 5.41) is 8.41. The molecule has 2 aromatic carbocycles. The molecule has 0 aliphatic rings. The van der Waals surface area contributed by atoms with Crippen LogP contribution in [-0.2, 0) is 0 Å². The Hall–Kier alpha value is -3.67. The zero-order chi connectivity index (χ0) is 19.1. The van der Waals surface area contributed by atoms with E-state index in [1.807, 2.05) is 37.3 Å². The van der Waals surface area contributed by atoms with Crippen LogP contribution < -0.4 is 16.0 Å². The number of hydrogen-bond acceptors (Lipinski definition) is 3. The molecule has 0 bridgehead atoms. The summed E-state index contributed by atoms with van der Waals surface area (Å²) >= 11 is 0. The third-order valence-electron chi connectivity index (χ3n) is 3.99. The van der Waals surface area contributed by atoms with E-state index in [1.54, 1.807) is 48.8 Å². The fourth-order valence-corrected chi connectivity index (χ4v) is 2.54. The number of anilines is 2. The lowest BCUT2D eigenvalue weighted by molar-refractivity contribution is 0.0940. The number of benzene rings is 2. The molecule has 6 nitrogen and oxygen atoms in total. The summed E-state index contributed by atoms with van der Waals surface area (Å²) in [5.41, 5.74) is 2.80. The molecule has 0 aliphatic heterocycles. The molecule has 1 aromatic heterocycles. The van der Waals surface area contributed by atoms with Gasteiger partial charge in [0.25, 0.3) is 5.91 Å². The van der Waals surface area contributed by atoms with E-state index in [1.165, 1.54) is 0 Å². The quantitative estimate of drug-likeness (QED) is 0.637. The largest absolute Gasteiger partial charge is 0.346 e. The van der Waals surface area contributed by atoms with Crippen molar-refractivity contribution in [2.75, 3.05) is 10.6 Å². The summed E-state index contributed by atoms with van der Waals surface area (Å²) in [6, 6.07) is 19.2. The van der Waals surface area contributed by atoms with Crippen LogP contribution in [-0.4, -0.2) is 16.9 Å². The number of carbonyl (C=O) groups excluding carboxylic acids is 2. The molecule has 3 rings (SSSR count). The van der Waals surface area contributed by atoms with Gasteiger partial charge in [0.15, 0.2) is 0 Å². The van der Waals surface area contributed by atoms with Gasteiger partial charge in [0, 0.05) is 29.3 Å². The molecule has 1 unspecified atom stereocenters. The monoisotopic (exact) mass is 360 g/mol. The lowest BCUT2D eigenvalue weighted by Gasteiger charge is -2.14. The van der Waals surface area contributed by atoms with Crippen molar-refractivity contribution in [3.8, 4) is 0 Å². The highest BCUT2D eigenvalue weighted by molar-refractivity contribution is 6.00. The molecule has 0 saturated carbocycles. The first-order valence-corrected chi connectivity index (χ1v) is 8.56. The molecule has 0 aliphatic carbocycles. The topological polar surface area (TPSA) is 83.1 Å². The minimum Gasteiger partial charge on any atom is -0.346 e. The van der Waals surface area contributed by atoms with Crippen molar-refractivity contribution in [3.63, 3.8) is 0 Å². The molecular weight excluding hydrogens is 340 g/mol. The van der Waals surface area contributed by atoms with E-state index >= 15 is 0 Å². The van der Waals surface area contributed by atoms with Crippen molar-refractivity contribution in [3.05, 3.63) is 90.3 Å². The number of hydrogen-bond donors (Lipinski definition) is 3. The lowest BCUT2D eigenvalue weighted by Crippen LogP contribution is -2.26. The molecule has 0 radical (unpaired) electrons. The van der Waals surface area contributed by atoms with Crippen molar-refractivity contribution >= 4 is 23.3 Å². The molecule has 27 heavy (non-hydrogen) atoms. The van der Waals surface area contributed by atoms with E-state index in [9.17, 15) is 9.59 Å². The second-order valence-electron chi connectivity index (χ2n) is 6.00. The van der Waals surface area contributed by atoms with E-state index in [0.29, 0.717) is 16.9 Å². The minimum atomic E-state index is -0.343. The van der Waals surface area contributed by atoms with Gasteiger partial charge < -0.3 is 16.0 Å². The Balaban J connectivity index is 1.56. The van der Waals surface area contributed by atoms with Gasteiger partial charge in [0.05, 0.1) is 6.04 Å². The molecule has 1 heterocycles. The maximum atomic E-state index is 12.4. The Morgan fingerprint density at radius 1 is 0.815 bits per heavy atom. The fraction of sp³-hybridized carbons (Fsp3) is 0.0952. The highest BCUT2D eigenvalue weighted by Crippen LogP contribution is 2.14. The summed E-state index contributed by atoms with van der Waals surface area (Å²) < 4.78 is 0. The van der Waals surface area contributed by atoms with Gasteiger partial charge >= 0.3 is 6.03 Å². The molecule has 0 fully saturated rings. The van der Waals surface area contributed by atoms with Crippen LogP contribution in [0.25, 0.3) is 0 Å². The average Bonchev–Trinajstić information content (AvgIpc) is 2.70. The predicted octanol–water partition coefficient (Wildman–Crippen LogP) is 4.22. The molecule has 6 heteroatoms. The molecule has 1 atom stereocenters. The number of nitrogens with one attached hydrogen (secondary N) is 3. The number of amides is 3. The van der Waals surface area contributed by atoms with Crippen molar-refractivity contribution < 1.29 is 9.59 Å². The SMILES string of the molecule is CC(NC(=O)c1ccc(NC(=O)Nc2ccccc2)cc1)c1ccncc1. The van der Waals surface area contributed by atoms with Gasteiger partial charge in [-0.15, -0.1) is 0 Å². The first-order valence-electron chi connectivity index (χ1n) is 8.56. The number of carbonyl (C=O) groups is 2.